The Balaban J connectivity index is 1.71. The number of amides is 1. The van der Waals surface area contributed by atoms with Crippen molar-refractivity contribution in [2.75, 3.05) is 5.32 Å². The zero-order valence-corrected chi connectivity index (χ0v) is 12.5. The van der Waals surface area contributed by atoms with Crippen LogP contribution in [0.4, 0.5) is 5.69 Å². The summed E-state index contributed by atoms with van der Waals surface area (Å²) in [6, 6.07) is 12.1. The fourth-order valence-corrected chi connectivity index (χ4v) is 2.51. The van der Waals surface area contributed by atoms with E-state index in [9.17, 15) is 9.90 Å². The van der Waals surface area contributed by atoms with E-state index in [0.29, 0.717) is 11.3 Å². The van der Waals surface area contributed by atoms with Gasteiger partial charge in [0.1, 0.15) is 11.4 Å². The van der Waals surface area contributed by atoms with Gasteiger partial charge < -0.3 is 19.8 Å². The first-order valence-corrected chi connectivity index (χ1v) is 7.32. The number of rotatable bonds is 3. The van der Waals surface area contributed by atoms with Crippen molar-refractivity contribution in [3.63, 3.8) is 0 Å². The molecule has 4 rings (SSSR count). The normalized spacial score (nSPS) is 10.8. The topological polar surface area (TPSA) is 91.2 Å². The SMILES string of the molecule is O=C(Nc1c[nH]c2ncc(-c3ccc(O)cc3)cc12)c1ccco1. The van der Waals surface area contributed by atoms with E-state index in [4.69, 9.17) is 4.42 Å². The summed E-state index contributed by atoms with van der Waals surface area (Å²) in [5.74, 6) is 0.128. The Hall–Kier alpha value is -3.54. The van der Waals surface area contributed by atoms with Gasteiger partial charge in [-0.1, -0.05) is 12.1 Å². The van der Waals surface area contributed by atoms with E-state index in [1.807, 2.05) is 18.2 Å². The number of furan rings is 1. The molecule has 0 spiro atoms. The summed E-state index contributed by atoms with van der Waals surface area (Å²) in [4.78, 5) is 19.6. The first kappa shape index (κ1) is 14.1. The van der Waals surface area contributed by atoms with Gasteiger partial charge in [-0.2, -0.15) is 0 Å². The summed E-state index contributed by atoms with van der Waals surface area (Å²) in [6.45, 7) is 0. The van der Waals surface area contributed by atoms with Gasteiger partial charge >= 0.3 is 0 Å². The minimum atomic E-state index is -0.323. The predicted octanol–water partition coefficient (Wildman–Crippen LogP) is 3.78. The second kappa shape index (κ2) is 5.58. The van der Waals surface area contributed by atoms with Crippen LogP contribution in [0.5, 0.6) is 5.75 Å². The van der Waals surface area contributed by atoms with Crippen LogP contribution in [0, 0.1) is 0 Å². The smallest absolute Gasteiger partial charge is 0.291 e. The molecule has 3 N–H and O–H groups in total. The van der Waals surface area contributed by atoms with Crippen LogP contribution in [0.15, 0.2) is 65.5 Å². The van der Waals surface area contributed by atoms with Gasteiger partial charge in [0.2, 0.25) is 0 Å². The molecule has 0 aliphatic carbocycles. The molecular formula is C18H13N3O3. The summed E-state index contributed by atoms with van der Waals surface area (Å²) in [5, 5.41) is 13.0. The highest BCUT2D eigenvalue weighted by molar-refractivity contribution is 6.07. The number of carbonyl (C=O) groups excluding carboxylic acids is 1. The summed E-state index contributed by atoms with van der Waals surface area (Å²) in [6.07, 6.45) is 4.89. The van der Waals surface area contributed by atoms with Crippen LogP contribution < -0.4 is 5.32 Å². The number of aromatic amines is 1. The monoisotopic (exact) mass is 319 g/mol. The first-order valence-electron chi connectivity index (χ1n) is 7.32. The highest BCUT2D eigenvalue weighted by atomic mass is 16.3. The first-order chi connectivity index (χ1) is 11.7. The number of H-pyrrole nitrogens is 1. The molecule has 0 bridgehead atoms. The number of aromatic hydroxyl groups is 1. The number of nitrogens with one attached hydrogen (secondary N) is 2. The molecule has 6 nitrogen and oxygen atoms in total. The van der Waals surface area contributed by atoms with Gasteiger partial charge in [-0.25, -0.2) is 4.98 Å². The molecule has 0 radical (unpaired) electrons. The van der Waals surface area contributed by atoms with E-state index in [1.54, 1.807) is 36.7 Å². The molecular weight excluding hydrogens is 306 g/mol. The molecule has 0 saturated heterocycles. The Morgan fingerprint density at radius 1 is 1.17 bits per heavy atom. The molecule has 0 aliphatic rings. The molecule has 3 aromatic heterocycles. The lowest BCUT2D eigenvalue weighted by molar-refractivity contribution is 0.0997. The van der Waals surface area contributed by atoms with Crippen LogP contribution in [0.25, 0.3) is 22.2 Å². The number of benzene rings is 1. The minimum Gasteiger partial charge on any atom is -0.508 e. The number of pyridine rings is 1. The Labute approximate surface area is 136 Å². The van der Waals surface area contributed by atoms with Crippen LogP contribution in [-0.4, -0.2) is 21.0 Å². The van der Waals surface area contributed by atoms with Gasteiger partial charge in [0, 0.05) is 23.3 Å². The number of carbonyl (C=O) groups is 1. The lowest BCUT2D eigenvalue weighted by Crippen LogP contribution is -2.10. The van der Waals surface area contributed by atoms with Gasteiger partial charge in [-0.3, -0.25) is 4.79 Å². The van der Waals surface area contributed by atoms with E-state index in [0.717, 1.165) is 16.5 Å². The summed E-state index contributed by atoms with van der Waals surface area (Å²) in [7, 11) is 0. The van der Waals surface area contributed by atoms with E-state index in [2.05, 4.69) is 15.3 Å². The molecule has 1 aromatic carbocycles. The third-order valence-electron chi connectivity index (χ3n) is 3.72. The van der Waals surface area contributed by atoms with Crippen molar-refractivity contribution in [1.29, 1.82) is 0 Å². The van der Waals surface area contributed by atoms with Crippen molar-refractivity contribution in [1.82, 2.24) is 9.97 Å². The molecule has 24 heavy (non-hydrogen) atoms. The zero-order valence-electron chi connectivity index (χ0n) is 12.5. The maximum absolute atomic E-state index is 12.1. The number of aromatic nitrogens is 2. The quantitative estimate of drug-likeness (QED) is 0.536. The average Bonchev–Trinajstić information content (AvgIpc) is 3.25. The molecule has 1 amide bonds. The number of anilines is 1. The number of hydrogen-bond donors (Lipinski definition) is 3. The van der Waals surface area contributed by atoms with Crippen LogP contribution in [-0.2, 0) is 0 Å². The Bertz CT molecular complexity index is 1000. The van der Waals surface area contributed by atoms with E-state index < -0.39 is 0 Å². The lowest BCUT2D eigenvalue weighted by atomic mass is 10.1. The number of phenolic OH excluding ortho intramolecular Hbond substituents is 1. The predicted molar refractivity (Wildman–Crippen MR) is 89.9 cm³/mol. The van der Waals surface area contributed by atoms with Crippen LogP contribution in [0.1, 0.15) is 10.6 Å². The number of phenols is 1. The Morgan fingerprint density at radius 2 is 2.00 bits per heavy atom. The zero-order chi connectivity index (χ0) is 16.5. The molecule has 0 fully saturated rings. The van der Waals surface area contributed by atoms with Crippen molar-refractivity contribution in [3.05, 3.63) is 66.9 Å². The molecule has 0 atom stereocenters. The van der Waals surface area contributed by atoms with Gasteiger partial charge in [0.25, 0.3) is 5.91 Å². The lowest BCUT2D eigenvalue weighted by Gasteiger charge is -2.04. The van der Waals surface area contributed by atoms with Gasteiger partial charge in [-0.15, -0.1) is 0 Å². The molecule has 3 heterocycles. The van der Waals surface area contributed by atoms with E-state index >= 15 is 0 Å². The molecule has 118 valence electrons. The fourth-order valence-electron chi connectivity index (χ4n) is 2.51. The van der Waals surface area contributed by atoms with Gasteiger partial charge in [0.05, 0.1) is 12.0 Å². The maximum Gasteiger partial charge on any atom is 0.291 e. The second-order valence-electron chi connectivity index (χ2n) is 5.30. The highest BCUT2D eigenvalue weighted by Crippen LogP contribution is 2.28. The van der Waals surface area contributed by atoms with Crippen LogP contribution >= 0.6 is 0 Å². The largest absolute Gasteiger partial charge is 0.508 e. The molecule has 4 aromatic rings. The summed E-state index contributed by atoms with van der Waals surface area (Å²) < 4.78 is 5.10. The van der Waals surface area contributed by atoms with Crippen LogP contribution in [0.2, 0.25) is 0 Å². The molecule has 0 aliphatic heterocycles. The summed E-state index contributed by atoms with van der Waals surface area (Å²) >= 11 is 0. The average molecular weight is 319 g/mol. The number of nitrogens with zero attached hydrogens (tertiary/aromatic N) is 1. The van der Waals surface area contributed by atoms with Gasteiger partial charge in [-0.05, 0) is 35.9 Å². The Kier molecular flexibility index (Phi) is 3.28. The maximum atomic E-state index is 12.1. The standard InChI is InChI=1S/C18H13N3O3/c22-13-5-3-11(4-6-13)12-8-14-15(10-20-17(14)19-9-12)21-18(23)16-2-1-7-24-16/h1-10,22H,(H,19,20)(H,21,23). The second-order valence-corrected chi connectivity index (χ2v) is 5.30. The number of fused-ring (bicyclic) bond motifs is 1. The van der Waals surface area contributed by atoms with Gasteiger partial charge in [0.15, 0.2) is 5.76 Å². The van der Waals surface area contributed by atoms with Crippen LogP contribution in [0.3, 0.4) is 0 Å². The number of hydrogen-bond acceptors (Lipinski definition) is 4. The highest BCUT2D eigenvalue weighted by Gasteiger charge is 2.13. The summed E-state index contributed by atoms with van der Waals surface area (Å²) in [5.41, 5.74) is 3.11. The molecule has 6 heteroatoms. The van der Waals surface area contributed by atoms with Crippen molar-refractivity contribution in [2.24, 2.45) is 0 Å². The molecule has 0 saturated carbocycles. The third-order valence-corrected chi connectivity index (χ3v) is 3.72. The fraction of sp³-hybridized carbons (Fsp3) is 0. The van der Waals surface area contributed by atoms with Crippen molar-refractivity contribution in [2.45, 2.75) is 0 Å². The third kappa shape index (κ3) is 2.50. The van der Waals surface area contributed by atoms with E-state index in [1.165, 1.54) is 6.26 Å². The van der Waals surface area contributed by atoms with Crippen molar-refractivity contribution < 1.29 is 14.3 Å². The van der Waals surface area contributed by atoms with Crippen molar-refractivity contribution in [3.8, 4) is 16.9 Å². The minimum absolute atomic E-state index is 0.209. The van der Waals surface area contributed by atoms with Crippen molar-refractivity contribution >= 4 is 22.6 Å². The molecule has 0 unspecified atom stereocenters. The van der Waals surface area contributed by atoms with E-state index in [-0.39, 0.29) is 17.4 Å². The Morgan fingerprint density at radius 3 is 2.75 bits per heavy atom.